The van der Waals surface area contributed by atoms with Crippen LogP contribution in [-0.2, 0) is 0 Å². The summed E-state index contributed by atoms with van der Waals surface area (Å²) in [6, 6.07) is 20.2. The number of amides is 1. The highest BCUT2D eigenvalue weighted by Crippen LogP contribution is 2.25. The van der Waals surface area contributed by atoms with Gasteiger partial charge in [-0.2, -0.15) is 0 Å². The van der Waals surface area contributed by atoms with E-state index in [-0.39, 0.29) is 5.91 Å². The Bertz CT molecular complexity index is 1120. The van der Waals surface area contributed by atoms with Gasteiger partial charge in [0.2, 0.25) is 0 Å². The number of imidazole rings is 1. The van der Waals surface area contributed by atoms with Crippen LogP contribution in [0.5, 0.6) is 11.5 Å². The molecular formula is C22H19N3O3. The topological polar surface area (TPSA) is 76.2 Å². The summed E-state index contributed by atoms with van der Waals surface area (Å²) in [6.07, 6.45) is 0. The maximum Gasteiger partial charge on any atom is 0.255 e. The molecule has 0 saturated heterocycles. The molecule has 0 saturated carbocycles. The van der Waals surface area contributed by atoms with E-state index in [0.717, 1.165) is 28.2 Å². The second-order valence-electron chi connectivity index (χ2n) is 6.23. The third kappa shape index (κ3) is 3.53. The van der Waals surface area contributed by atoms with E-state index in [1.54, 1.807) is 38.5 Å². The van der Waals surface area contributed by atoms with Gasteiger partial charge in [0.1, 0.15) is 17.3 Å². The number of fused-ring (bicyclic) bond motifs is 1. The number of carbonyl (C=O) groups is 1. The number of hydrogen-bond donors (Lipinski definition) is 2. The first-order valence-electron chi connectivity index (χ1n) is 8.76. The van der Waals surface area contributed by atoms with Gasteiger partial charge in [-0.05, 0) is 66.7 Å². The Balaban J connectivity index is 1.56. The quantitative estimate of drug-likeness (QED) is 0.540. The molecule has 0 radical (unpaired) electrons. The van der Waals surface area contributed by atoms with Crippen molar-refractivity contribution >= 4 is 22.6 Å². The summed E-state index contributed by atoms with van der Waals surface area (Å²) in [7, 11) is 3.23. The number of nitrogens with zero attached hydrogens (tertiary/aromatic N) is 1. The van der Waals surface area contributed by atoms with Crippen LogP contribution >= 0.6 is 0 Å². The molecule has 1 heterocycles. The lowest BCUT2D eigenvalue weighted by Gasteiger charge is -2.06. The summed E-state index contributed by atoms with van der Waals surface area (Å²) in [5.74, 6) is 2.08. The molecule has 0 aliphatic heterocycles. The van der Waals surface area contributed by atoms with E-state index < -0.39 is 0 Å². The summed E-state index contributed by atoms with van der Waals surface area (Å²) in [6.45, 7) is 0. The number of anilines is 1. The Kier molecular flexibility index (Phi) is 4.68. The van der Waals surface area contributed by atoms with Crippen LogP contribution in [0.2, 0.25) is 0 Å². The molecule has 0 fully saturated rings. The molecule has 4 rings (SSSR count). The van der Waals surface area contributed by atoms with Crippen molar-refractivity contribution in [1.82, 2.24) is 9.97 Å². The predicted molar refractivity (Wildman–Crippen MR) is 109 cm³/mol. The van der Waals surface area contributed by atoms with E-state index >= 15 is 0 Å². The van der Waals surface area contributed by atoms with Gasteiger partial charge in [0.15, 0.2) is 0 Å². The van der Waals surface area contributed by atoms with Gasteiger partial charge < -0.3 is 19.8 Å². The summed E-state index contributed by atoms with van der Waals surface area (Å²) in [5.41, 5.74) is 3.88. The van der Waals surface area contributed by atoms with Crippen LogP contribution < -0.4 is 14.8 Å². The summed E-state index contributed by atoms with van der Waals surface area (Å²) < 4.78 is 10.3. The standard InChI is InChI=1S/C22H19N3O3/c1-27-17-8-3-14(4-9-17)21-24-19-12-7-16(13-20(19)25-21)23-22(26)15-5-10-18(28-2)11-6-15/h3-13H,1-2H3,(H,23,26)(H,24,25). The molecule has 28 heavy (non-hydrogen) atoms. The molecule has 3 aromatic carbocycles. The van der Waals surface area contributed by atoms with Gasteiger partial charge in [-0.25, -0.2) is 4.98 Å². The van der Waals surface area contributed by atoms with Crippen LogP contribution in [0.25, 0.3) is 22.4 Å². The number of aromatic amines is 1. The van der Waals surface area contributed by atoms with E-state index in [1.807, 2.05) is 42.5 Å². The smallest absolute Gasteiger partial charge is 0.255 e. The number of hydrogen-bond acceptors (Lipinski definition) is 4. The minimum atomic E-state index is -0.183. The first-order valence-corrected chi connectivity index (χ1v) is 8.76. The molecular weight excluding hydrogens is 354 g/mol. The van der Waals surface area contributed by atoms with Gasteiger partial charge in [-0.3, -0.25) is 4.79 Å². The van der Waals surface area contributed by atoms with Crippen molar-refractivity contribution in [2.45, 2.75) is 0 Å². The number of carbonyl (C=O) groups excluding carboxylic acids is 1. The number of aromatic nitrogens is 2. The third-order valence-electron chi connectivity index (χ3n) is 4.46. The van der Waals surface area contributed by atoms with E-state index in [1.165, 1.54) is 0 Å². The predicted octanol–water partition coefficient (Wildman–Crippen LogP) is 4.50. The van der Waals surface area contributed by atoms with Crippen molar-refractivity contribution in [2.24, 2.45) is 0 Å². The molecule has 0 aliphatic carbocycles. The van der Waals surface area contributed by atoms with E-state index in [2.05, 4.69) is 15.3 Å². The zero-order valence-corrected chi connectivity index (χ0v) is 15.5. The lowest BCUT2D eigenvalue weighted by Crippen LogP contribution is -2.11. The van der Waals surface area contributed by atoms with E-state index in [4.69, 9.17) is 9.47 Å². The number of methoxy groups -OCH3 is 2. The van der Waals surface area contributed by atoms with Gasteiger partial charge in [-0.15, -0.1) is 0 Å². The van der Waals surface area contributed by atoms with Crippen LogP contribution in [-0.4, -0.2) is 30.1 Å². The van der Waals surface area contributed by atoms with Crippen LogP contribution in [0.4, 0.5) is 5.69 Å². The minimum Gasteiger partial charge on any atom is -0.497 e. The average Bonchev–Trinajstić information content (AvgIpc) is 3.17. The fourth-order valence-corrected chi connectivity index (χ4v) is 2.92. The molecule has 6 nitrogen and oxygen atoms in total. The van der Waals surface area contributed by atoms with E-state index in [0.29, 0.717) is 17.0 Å². The van der Waals surface area contributed by atoms with Gasteiger partial charge in [-0.1, -0.05) is 0 Å². The molecule has 1 amide bonds. The first-order chi connectivity index (χ1) is 13.7. The van der Waals surface area contributed by atoms with Crippen molar-refractivity contribution in [2.75, 3.05) is 19.5 Å². The molecule has 0 bridgehead atoms. The highest BCUT2D eigenvalue weighted by molar-refractivity contribution is 6.05. The van der Waals surface area contributed by atoms with Crippen LogP contribution in [0.1, 0.15) is 10.4 Å². The van der Waals surface area contributed by atoms with Crippen LogP contribution in [0, 0.1) is 0 Å². The fourth-order valence-electron chi connectivity index (χ4n) is 2.92. The van der Waals surface area contributed by atoms with Crippen molar-refractivity contribution in [3.05, 3.63) is 72.3 Å². The Morgan fingerprint density at radius 2 is 1.54 bits per heavy atom. The van der Waals surface area contributed by atoms with Crippen molar-refractivity contribution in [3.8, 4) is 22.9 Å². The molecule has 0 spiro atoms. The molecule has 0 atom stereocenters. The molecule has 0 aliphatic rings. The van der Waals surface area contributed by atoms with E-state index in [9.17, 15) is 4.79 Å². The third-order valence-corrected chi connectivity index (χ3v) is 4.46. The first kappa shape index (κ1) is 17.6. The second-order valence-corrected chi connectivity index (χ2v) is 6.23. The number of rotatable bonds is 5. The molecule has 4 aromatic rings. The number of benzene rings is 3. The van der Waals surface area contributed by atoms with Crippen molar-refractivity contribution < 1.29 is 14.3 Å². The zero-order chi connectivity index (χ0) is 19.5. The zero-order valence-electron chi connectivity index (χ0n) is 15.5. The number of nitrogens with one attached hydrogen (secondary N) is 2. The summed E-state index contributed by atoms with van der Waals surface area (Å²) in [4.78, 5) is 20.4. The molecule has 140 valence electrons. The minimum absolute atomic E-state index is 0.183. The largest absolute Gasteiger partial charge is 0.497 e. The number of H-pyrrole nitrogens is 1. The van der Waals surface area contributed by atoms with Gasteiger partial charge >= 0.3 is 0 Å². The normalized spacial score (nSPS) is 10.6. The average molecular weight is 373 g/mol. The van der Waals surface area contributed by atoms with Gasteiger partial charge in [0.25, 0.3) is 5.91 Å². The second kappa shape index (κ2) is 7.44. The Morgan fingerprint density at radius 1 is 0.893 bits per heavy atom. The highest BCUT2D eigenvalue weighted by Gasteiger charge is 2.09. The molecule has 2 N–H and O–H groups in total. The van der Waals surface area contributed by atoms with Crippen molar-refractivity contribution in [3.63, 3.8) is 0 Å². The van der Waals surface area contributed by atoms with Gasteiger partial charge in [0, 0.05) is 16.8 Å². The maximum absolute atomic E-state index is 12.4. The highest BCUT2D eigenvalue weighted by atomic mass is 16.5. The monoisotopic (exact) mass is 373 g/mol. The molecule has 1 aromatic heterocycles. The Hall–Kier alpha value is -3.80. The Morgan fingerprint density at radius 3 is 2.18 bits per heavy atom. The summed E-state index contributed by atoms with van der Waals surface area (Å²) in [5, 5.41) is 2.91. The Labute approximate surface area is 162 Å². The van der Waals surface area contributed by atoms with Crippen LogP contribution in [0.15, 0.2) is 66.7 Å². The molecule has 6 heteroatoms. The fraction of sp³-hybridized carbons (Fsp3) is 0.0909. The SMILES string of the molecule is COc1ccc(C(=O)Nc2ccc3nc(-c4ccc(OC)cc4)[nH]c3c2)cc1. The summed E-state index contributed by atoms with van der Waals surface area (Å²) >= 11 is 0. The van der Waals surface area contributed by atoms with Crippen molar-refractivity contribution in [1.29, 1.82) is 0 Å². The maximum atomic E-state index is 12.4. The molecule has 0 unspecified atom stereocenters. The van der Waals surface area contributed by atoms with Gasteiger partial charge in [0.05, 0.1) is 25.3 Å². The lowest BCUT2D eigenvalue weighted by molar-refractivity contribution is 0.102. The number of ether oxygens (including phenoxy) is 2. The van der Waals surface area contributed by atoms with Crippen LogP contribution in [0.3, 0.4) is 0 Å². The lowest BCUT2D eigenvalue weighted by atomic mass is 10.2.